The van der Waals surface area contributed by atoms with Crippen LogP contribution in [0.1, 0.15) is 29.0 Å². The van der Waals surface area contributed by atoms with E-state index in [0.29, 0.717) is 36.8 Å². The number of carbonyl (C=O) groups is 1. The van der Waals surface area contributed by atoms with Crippen molar-refractivity contribution in [1.82, 2.24) is 15.3 Å². The van der Waals surface area contributed by atoms with Gasteiger partial charge in [0.05, 0.1) is 24.2 Å². The van der Waals surface area contributed by atoms with E-state index < -0.39 is 0 Å². The SMILES string of the molecule is O=C(NCCCc1nc2ccccc2[nH]1)c1ccc2c(c1)OCCCO2. The molecule has 2 N–H and O–H groups in total. The first-order valence-corrected chi connectivity index (χ1v) is 8.91. The number of carbonyl (C=O) groups excluding carboxylic acids is 1. The van der Waals surface area contributed by atoms with E-state index in [4.69, 9.17) is 9.47 Å². The summed E-state index contributed by atoms with van der Waals surface area (Å²) in [6.45, 7) is 1.83. The largest absolute Gasteiger partial charge is 0.490 e. The Labute approximate surface area is 151 Å². The quantitative estimate of drug-likeness (QED) is 0.693. The lowest BCUT2D eigenvalue weighted by Crippen LogP contribution is -2.24. The van der Waals surface area contributed by atoms with Crippen LogP contribution in [0.5, 0.6) is 11.5 Å². The zero-order chi connectivity index (χ0) is 17.8. The second-order valence-electron chi connectivity index (χ2n) is 6.27. The van der Waals surface area contributed by atoms with Gasteiger partial charge in [-0.25, -0.2) is 4.98 Å². The van der Waals surface area contributed by atoms with Crippen molar-refractivity contribution in [2.45, 2.75) is 19.3 Å². The van der Waals surface area contributed by atoms with Crippen LogP contribution in [0.4, 0.5) is 0 Å². The molecule has 1 aliphatic heterocycles. The molecule has 6 nitrogen and oxygen atoms in total. The molecule has 6 heteroatoms. The highest BCUT2D eigenvalue weighted by Crippen LogP contribution is 2.30. The molecule has 0 spiro atoms. The van der Waals surface area contributed by atoms with Gasteiger partial charge in [-0.1, -0.05) is 12.1 Å². The van der Waals surface area contributed by atoms with Crippen molar-refractivity contribution >= 4 is 16.9 Å². The molecule has 134 valence electrons. The summed E-state index contributed by atoms with van der Waals surface area (Å²) in [5, 5.41) is 2.95. The molecule has 1 amide bonds. The van der Waals surface area contributed by atoms with E-state index in [2.05, 4.69) is 15.3 Å². The molecule has 0 atom stereocenters. The molecule has 0 bridgehead atoms. The van der Waals surface area contributed by atoms with E-state index in [0.717, 1.165) is 36.1 Å². The molecule has 0 unspecified atom stereocenters. The third kappa shape index (κ3) is 3.64. The van der Waals surface area contributed by atoms with Crippen LogP contribution in [-0.4, -0.2) is 35.6 Å². The maximum atomic E-state index is 12.3. The van der Waals surface area contributed by atoms with E-state index in [-0.39, 0.29) is 5.91 Å². The normalized spacial score (nSPS) is 13.4. The van der Waals surface area contributed by atoms with E-state index in [1.165, 1.54) is 0 Å². The molecular formula is C20H21N3O3. The van der Waals surface area contributed by atoms with Gasteiger partial charge in [-0.2, -0.15) is 0 Å². The Morgan fingerprint density at radius 2 is 1.96 bits per heavy atom. The van der Waals surface area contributed by atoms with Crippen molar-refractivity contribution in [1.29, 1.82) is 0 Å². The molecular weight excluding hydrogens is 330 g/mol. The maximum Gasteiger partial charge on any atom is 0.251 e. The standard InChI is InChI=1S/C20H21N3O3/c24-20(14-8-9-17-18(13-14)26-12-4-11-25-17)21-10-3-7-19-22-15-5-1-2-6-16(15)23-19/h1-2,5-6,8-9,13H,3-4,7,10-12H2,(H,21,24)(H,22,23). The number of aromatic amines is 1. The molecule has 0 saturated heterocycles. The van der Waals surface area contributed by atoms with Gasteiger partial charge in [0.2, 0.25) is 0 Å². The van der Waals surface area contributed by atoms with Crippen LogP contribution in [0.25, 0.3) is 11.0 Å². The zero-order valence-electron chi connectivity index (χ0n) is 14.5. The molecule has 26 heavy (non-hydrogen) atoms. The van der Waals surface area contributed by atoms with E-state index in [1.807, 2.05) is 24.3 Å². The van der Waals surface area contributed by atoms with Crippen molar-refractivity contribution < 1.29 is 14.3 Å². The van der Waals surface area contributed by atoms with Crippen molar-refractivity contribution in [3.63, 3.8) is 0 Å². The Kier molecular flexibility index (Phi) is 4.73. The molecule has 0 aliphatic carbocycles. The fourth-order valence-corrected chi connectivity index (χ4v) is 2.99. The smallest absolute Gasteiger partial charge is 0.251 e. The van der Waals surface area contributed by atoms with Gasteiger partial charge in [0.15, 0.2) is 11.5 Å². The molecule has 4 rings (SSSR count). The van der Waals surface area contributed by atoms with Crippen molar-refractivity contribution in [3.05, 3.63) is 53.9 Å². The number of hydrogen-bond acceptors (Lipinski definition) is 4. The summed E-state index contributed by atoms with van der Waals surface area (Å²) in [5.74, 6) is 2.17. The summed E-state index contributed by atoms with van der Waals surface area (Å²) in [6.07, 6.45) is 2.45. The number of aryl methyl sites for hydroxylation is 1. The number of hydrogen-bond donors (Lipinski definition) is 2. The van der Waals surface area contributed by atoms with Crippen molar-refractivity contribution in [2.75, 3.05) is 19.8 Å². The minimum absolute atomic E-state index is 0.106. The lowest BCUT2D eigenvalue weighted by Gasteiger charge is -2.09. The number of fused-ring (bicyclic) bond motifs is 2. The molecule has 2 heterocycles. The number of nitrogens with zero attached hydrogens (tertiary/aromatic N) is 1. The first-order valence-electron chi connectivity index (χ1n) is 8.91. The molecule has 0 saturated carbocycles. The van der Waals surface area contributed by atoms with Crippen molar-refractivity contribution in [3.8, 4) is 11.5 Å². The van der Waals surface area contributed by atoms with Gasteiger partial charge in [0.1, 0.15) is 5.82 Å². The Bertz CT molecular complexity index is 887. The molecule has 3 aromatic rings. The topological polar surface area (TPSA) is 76.2 Å². The number of H-pyrrole nitrogens is 1. The third-order valence-corrected chi connectivity index (χ3v) is 4.32. The molecule has 0 fully saturated rings. The van der Waals surface area contributed by atoms with Crippen LogP contribution in [0.15, 0.2) is 42.5 Å². The number of imidazole rings is 1. The first-order chi connectivity index (χ1) is 12.8. The van der Waals surface area contributed by atoms with Crippen LogP contribution in [0.3, 0.4) is 0 Å². The summed E-state index contributed by atoms with van der Waals surface area (Å²) >= 11 is 0. The highest BCUT2D eigenvalue weighted by atomic mass is 16.5. The minimum Gasteiger partial charge on any atom is -0.490 e. The van der Waals surface area contributed by atoms with Gasteiger partial charge in [-0.05, 0) is 36.8 Å². The predicted octanol–water partition coefficient (Wildman–Crippen LogP) is 3.09. The van der Waals surface area contributed by atoms with Gasteiger partial charge in [0.25, 0.3) is 5.91 Å². The highest BCUT2D eigenvalue weighted by Gasteiger charge is 2.14. The van der Waals surface area contributed by atoms with Gasteiger partial charge >= 0.3 is 0 Å². The number of amides is 1. The molecule has 2 aromatic carbocycles. The van der Waals surface area contributed by atoms with E-state index in [1.54, 1.807) is 18.2 Å². The lowest BCUT2D eigenvalue weighted by molar-refractivity contribution is 0.0952. The fourth-order valence-electron chi connectivity index (χ4n) is 2.99. The number of rotatable bonds is 5. The summed E-state index contributed by atoms with van der Waals surface area (Å²) < 4.78 is 11.2. The number of nitrogens with one attached hydrogen (secondary N) is 2. The number of aromatic nitrogens is 2. The maximum absolute atomic E-state index is 12.3. The Balaban J connectivity index is 1.30. The Hall–Kier alpha value is -3.02. The van der Waals surface area contributed by atoms with Crippen molar-refractivity contribution in [2.24, 2.45) is 0 Å². The highest BCUT2D eigenvalue weighted by molar-refractivity contribution is 5.94. The third-order valence-electron chi connectivity index (χ3n) is 4.32. The van der Waals surface area contributed by atoms with E-state index >= 15 is 0 Å². The van der Waals surface area contributed by atoms with E-state index in [9.17, 15) is 4.79 Å². The average Bonchev–Trinajstić information content (AvgIpc) is 2.93. The lowest BCUT2D eigenvalue weighted by atomic mass is 10.2. The molecule has 1 aromatic heterocycles. The molecule has 0 radical (unpaired) electrons. The Morgan fingerprint density at radius 3 is 2.85 bits per heavy atom. The Morgan fingerprint density at radius 1 is 1.12 bits per heavy atom. The van der Waals surface area contributed by atoms with Crippen LogP contribution < -0.4 is 14.8 Å². The minimum atomic E-state index is -0.106. The predicted molar refractivity (Wildman–Crippen MR) is 98.8 cm³/mol. The number of ether oxygens (including phenoxy) is 2. The average molecular weight is 351 g/mol. The summed E-state index contributed by atoms with van der Waals surface area (Å²) in [5.41, 5.74) is 2.59. The molecule has 1 aliphatic rings. The number of para-hydroxylation sites is 2. The van der Waals surface area contributed by atoms with Gasteiger partial charge in [-0.15, -0.1) is 0 Å². The first kappa shape index (κ1) is 16.4. The fraction of sp³-hybridized carbons (Fsp3) is 0.300. The summed E-state index contributed by atoms with van der Waals surface area (Å²) in [7, 11) is 0. The zero-order valence-corrected chi connectivity index (χ0v) is 14.5. The van der Waals surface area contributed by atoms with Crippen LogP contribution in [-0.2, 0) is 6.42 Å². The second-order valence-corrected chi connectivity index (χ2v) is 6.27. The van der Waals surface area contributed by atoms with Crippen LogP contribution in [0, 0.1) is 0 Å². The summed E-state index contributed by atoms with van der Waals surface area (Å²) in [4.78, 5) is 20.2. The van der Waals surface area contributed by atoms with Gasteiger partial charge < -0.3 is 19.8 Å². The second kappa shape index (κ2) is 7.47. The summed E-state index contributed by atoms with van der Waals surface area (Å²) in [6, 6.07) is 13.3. The van der Waals surface area contributed by atoms with Gasteiger partial charge in [0, 0.05) is 24.9 Å². The number of benzene rings is 2. The van der Waals surface area contributed by atoms with Crippen LogP contribution in [0.2, 0.25) is 0 Å². The van der Waals surface area contributed by atoms with Gasteiger partial charge in [-0.3, -0.25) is 4.79 Å². The monoisotopic (exact) mass is 351 g/mol. The van der Waals surface area contributed by atoms with Crippen LogP contribution >= 0.6 is 0 Å².